The van der Waals surface area contributed by atoms with Crippen LogP contribution in [0.4, 0.5) is 0 Å². The smallest absolute Gasteiger partial charge is 0.00134 e. The zero-order valence-corrected chi connectivity index (χ0v) is 9.24. The molecule has 0 heterocycles. The summed E-state index contributed by atoms with van der Waals surface area (Å²) in [7, 11) is 0. The molecule has 0 aliphatic heterocycles. The van der Waals surface area contributed by atoms with Crippen LogP contribution < -0.4 is 5.73 Å². The lowest BCUT2D eigenvalue weighted by molar-refractivity contribution is 0.969. The molecule has 80 valence electrons. The van der Waals surface area contributed by atoms with Crippen molar-refractivity contribution in [1.82, 2.24) is 0 Å². The zero-order chi connectivity index (χ0) is 11.0. The maximum Gasteiger partial charge on any atom is -0.00134 e. The molecule has 0 radical (unpaired) electrons. The molecule has 0 atom stereocenters. The summed E-state index contributed by atoms with van der Waals surface area (Å²) in [5.74, 6) is 0. The van der Waals surface area contributed by atoms with Crippen molar-refractivity contribution in [3.8, 4) is 11.1 Å². The second kappa shape index (κ2) is 3.76. The summed E-state index contributed by atoms with van der Waals surface area (Å²) in [6, 6.07) is 15.3. The molecule has 0 spiro atoms. The van der Waals surface area contributed by atoms with Gasteiger partial charge in [-0.15, -0.1) is 0 Å². The highest BCUT2D eigenvalue weighted by atomic mass is 14.5. The maximum atomic E-state index is 5.67. The summed E-state index contributed by atoms with van der Waals surface area (Å²) in [6.45, 7) is 0.721. The summed E-state index contributed by atoms with van der Waals surface area (Å²) in [4.78, 5) is 0. The van der Waals surface area contributed by atoms with Crippen molar-refractivity contribution in [3.05, 3.63) is 59.2 Å². The van der Waals surface area contributed by atoms with Crippen LogP contribution in [-0.4, -0.2) is 6.54 Å². The second-order valence-corrected chi connectivity index (χ2v) is 4.32. The molecule has 3 rings (SSSR count). The molecule has 0 amide bonds. The van der Waals surface area contributed by atoms with E-state index in [1.165, 1.54) is 27.8 Å². The Kier molecular flexibility index (Phi) is 2.26. The number of rotatable bonds is 2. The first-order valence-corrected chi connectivity index (χ1v) is 5.79. The predicted molar refractivity (Wildman–Crippen MR) is 67.4 cm³/mol. The molecule has 2 aromatic rings. The molecule has 0 saturated heterocycles. The first-order chi connectivity index (χ1) is 7.90. The molecule has 0 aromatic heterocycles. The molecular formula is C15H15N. The quantitative estimate of drug-likeness (QED) is 0.690. The van der Waals surface area contributed by atoms with Crippen LogP contribution in [0.15, 0.2) is 42.5 Å². The fraction of sp³-hybridized carbons (Fsp3) is 0.200. The van der Waals surface area contributed by atoms with Crippen LogP contribution >= 0.6 is 0 Å². The normalized spacial score (nSPS) is 12.3. The van der Waals surface area contributed by atoms with E-state index in [0.29, 0.717) is 0 Å². The summed E-state index contributed by atoms with van der Waals surface area (Å²) in [6.07, 6.45) is 2.04. The van der Waals surface area contributed by atoms with Gasteiger partial charge >= 0.3 is 0 Å². The van der Waals surface area contributed by atoms with E-state index in [-0.39, 0.29) is 0 Å². The molecule has 0 fully saturated rings. The van der Waals surface area contributed by atoms with E-state index in [1.807, 2.05) is 0 Å². The van der Waals surface area contributed by atoms with Crippen LogP contribution in [0.5, 0.6) is 0 Å². The van der Waals surface area contributed by atoms with Crippen LogP contribution in [0.3, 0.4) is 0 Å². The molecule has 0 bridgehead atoms. The Balaban J connectivity index is 2.21. The number of benzene rings is 2. The van der Waals surface area contributed by atoms with E-state index in [2.05, 4.69) is 42.5 Å². The van der Waals surface area contributed by atoms with Crippen molar-refractivity contribution in [3.63, 3.8) is 0 Å². The standard InChI is InChI=1S/C15H15N/c16-9-8-11-5-3-6-13-10-12-4-1-2-7-14(12)15(11)13/h1-7H,8-10,16H2. The Labute approximate surface area is 95.9 Å². The third-order valence-corrected chi connectivity index (χ3v) is 3.32. The van der Waals surface area contributed by atoms with Crippen molar-refractivity contribution in [2.24, 2.45) is 5.73 Å². The Bertz CT molecular complexity index is 529. The molecule has 2 aromatic carbocycles. The largest absolute Gasteiger partial charge is 0.330 e. The number of hydrogen-bond donors (Lipinski definition) is 1. The zero-order valence-electron chi connectivity index (χ0n) is 9.24. The van der Waals surface area contributed by atoms with Crippen LogP contribution in [0.1, 0.15) is 16.7 Å². The van der Waals surface area contributed by atoms with Gasteiger partial charge in [0.15, 0.2) is 0 Å². The minimum Gasteiger partial charge on any atom is -0.330 e. The first-order valence-electron chi connectivity index (χ1n) is 5.79. The van der Waals surface area contributed by atoms with Gasteiger partial charge < -0.3 is 5.73 Å². The summed E-state index contributed by atoms with van der Waals surface area (Å²) in [5.41, 5.74) is 12.8. The van der Waals surface area contributed by atoms with Gasteiger partial charge in [-0.1, -0.05) is 42.5 Å². The van der Waals surface area contributed by atoms with E-state index in [4.69, 9.17) is 5.73 Å². The highest BCUT2D eigenvalue weighted by Gasteiger charge is 2.19. The van der Waals surface area contributed by atoms with Crippen molar-refractivity contribution < 1.29 is 0 Å². The SMILES string of the molecule is NCCc1cccc2c1-c1ccccc1C2. The lowest BCUT2D eigenvalue weighted by atomic mass is 9.97. The van der Waals surface area contributed by atoms with E-state index < -0.39 is 0 Å². The molecule has 1 aliphatic rings. The van der Waals surface area contributed by atoms with E-state index in [9.17, 15) is 0 Å². The highest BCUT2D eigenvalue weighted by molar-refractivity contribution is 5.79. The lowest BCUT2D eigenvalue weighted by Gasteiger charge is -2.08. The third kappa shape index (κ3) is 1.36. The summed E-state index contributed by atoms with van der Waals surface area (Å²) >= 11 is 0. The van der Waals surface area contributed by atoms with Gasteiger partial charge in [0.05, 0.1) is 0 Å². The number of nitrogens with two attached hydrogens (primary N) is 1. The average Bonchev–Trinajstić information content (AvgIpc) is 2.68. The molecule has 1 heteroatoms. The van der Waals surface area contributed by atoms with Crippen LogP contribution in [0, 0.1) is 0 Å². The van der Waals surface area contributed by atoms with Gasteiger partial charge in [0.25, 0.3) is 0 Å². The number of hydrogen-bond acceptors (Lipinski definition) is 1. The van der Waals surface area contributed by atoms with E-state index in [0.717, 1.165) is 19.4 Å². The van der Waals surface area contributed by atoms with Crippen LogP contribution in [-0.2, 0) is 12.8 Å². The average molecular weight is 209 g/mol. The molecular weight excluding hydrogens is 194 g/mol. The van der Waals surface area contributed by atoms with Gasteiger partial charge in [-0.05, 0) is 47.2 Å². The van der Waals surface area contributed by atoms with Crippen molar-refractivity contribution >= 4 is 0 Å². The van der Waals surface area contributed by atoms with Crippen molar-refractivity contribution in [1.29, 1.82) is 0 Å². The molecule has 0 unspecified atom stereocenters. The molecule has 16 heavy (non-hydrogen) atoms. The van der Waals surface area contributed by atoms with Crippen LogP contribution in [0.25, 0.3) is 11.1 Å². The Morgan fingerprint density at radius 1 is 0.938 bits per heavy atom. The molecule has 1 aliphatic carbocycles. The fourth-order valence-electron chi connectivity index (χ4n) is 2.63. The summed E-state index contributed by atoms with van der Waals surface area (Å²) < 4.78 is 0. The monoisotopic (exact) mass is 209 g/mol. The van der Waals surface area contributed by atoms with Crippen molar-refractivity contribution in [2.45, 2.75) is 12.8 Å². The van der Waals surface area contributed by atoms with Crippen molar-refractivity contribution in [2.75, 3.05) is 6.54 Å². The lowest BCUT2D eigenvalue weighted by Crippen LogP contribution is -2.04. The van der Waals surface area contributed by atoms with E-state index in [1.54, 1.807) is 0 Å². The fourth-order valence-corrected chi connectivity index (χ4v) is 2.63. The van der Waals surface area contributed by atoms with Gasteiger partial charge in [0.1, 0.15) is 0 Å². The molecule has 2 N–H and O–H groups in total. The topological polar surface area (TPSA) is 26.0 Å². The van der Waals surface area contributed by atoms with Gasteiger partial charge in [-0.3, -0.25) is 0 Å². The Morgan fingerprint density at radius 2 is 1.75 bits per heavy atom. The second-order valence-electron chi connectivity index (χ2n) is 4.32. The molecule has 1 nitrogen and oxygen atoms in total. The highest BCUT2D eigenvalue weighted by Crippen LogP contribution is 2.38. The van der Waals surface area contributed by atoms with E-state index >= 15 is 0 Å². The van der Waals surface area contributed by atoms with Gasteiger partial charge in [-0.2, -0.15) is 0 Å². The number of fused-ring (bicyclic) bond motifs is 3. The minimum absolute atomic E-state index is 0.721. The predicted octanol–water partition coefficient (Wildman–Crippen LogP) is 2.76. The molecule has 0 saturated carbocycles. The Morgan fingerprint density at radius 3 is 2.62 bits per heavy atom. The van der Waals surface area contributed by atoms with Crippen LogP contribution in [0.2, 0.25) is 0 Å². The third-order valence-electron chi connectivity index (χ3n) is 3.32. The van der Waals surface area contributed by atoms with Gasteiger partial charge in [0, 0.05) is 0 Å². The minimum atomic E-state index is 0.721. The van der Waals surface area contributed by atoms with Gasteiger partial charge in [-0.25, -0.2) is 0 Å². The maximum absolute atomic E-state index is 5.67. The Hall–Kier alpha value is -1.60. The van der Waals surface area contributed by atoms with Gasteiger partial charge in [0.2, 0.25) is 0 Å². The first kappa shape index (κ1) is 9.61. The summed E-state index contributed by atoms with van der Waals surface area (Å²) in [5, 5.41) is 0.